The van der Waals surface area contributed by atoms with Crippen LogP contribution in [0, 0.1) is 5.92 Å². The van der Waals surface area contributed by atoms with Gasteiger partial charge in [0.15, 0.2) is 0 Å². The molecule has 2 heterocycles. The Labute approximate surface area is 88.1 Å². The second kappa shape index (κ2) is 3.45. The van der Waals surface area contributed by atoms with Crippen LogP contribution in [0.5, 0.6) is 0 Å². The van der Waals surface area contributed by atoms with E-state index in [2.05, 4.69) is 15.3 Å². The molecule has 1 aliphatic heterocycles. The largest absolute Gasteiger partial charge is 0.316 e. The van der Waals surface area contributed by atoms with Crippen molar-refractivity contribution in [3.8, 4) is 0 Å². The molecule has 1 aliphatic carbocycles. The van der Waals surface area contributed by atoms with Crippen molar-refractivity contribution in [1.82, 2.24) is 15.3 Å². The summed E-state index contributed by atoms with van der Waals surface area (Å²) in [6.07, 6.45) is 3.30. The fourth-order valence-electron chi connectivity index (χ4n) is 1.98. The Morgan fingerprint density at radius 3 is 2.80 bits per heavy atom. The fraction of sp³-hybridized carbons (Fsp3) is 0.636. The molecule has 0 spiro atoms. The van der Waals surface area contributed by atoms with E-state index in [1.54, 1.807) is 6.07 Å². The summed E-state index contributed by atoms with van der Waals surface area (Å²) in [4.78, 5) is 18.8. The molecule has 80 valence electrons. The molecule has 1 saturated heterocycles. The molecule has 2 fully saturated rings. The summed E-state index contributed by atoms with van der Waals surface area (Å²) in [5.74, 6) is 2.09. The average Bonchev–Trinajstić information content (AvgIpc) is 2.93. The van der Waals surface area contributed by atoms with Gasteiger partial charge in [0.1, 0.15) is 5.82 Å². The highest BCUT2D eigenvalue weighted by molar-refractivity contribution is 5.14. The molecule has 0 atom stereocenters. The Morgan fingerprint density at radius 1 is 1.40 bits per heavy atom. The average molecular weight is 205 g/mol. The quantitative estimate of drug-likeness (QED) is 0.751. The van der Waals surface area contributed by atoms with Crippen molar-refractivity contribution in [2.45, 2.75) is 25.2 Å². The van der Waals surface area contributed by atoms with Crippen LogP contribution in [0.2, 0.25) is 0 Å². The first kappa shape index (κ1) is 9.09. The number of rotatable bonds is 3. The Morgan fingerprint density at radius 2 is 2.20 bits per heavy atom. The van der Waals surface area contributed by atoms with E-state index in [4.69, 9.17) is 0 Å². The van der Waals surface area contributed by atoms with E-state index in [0.29, 0.717) is 11.8 Å². The van der Waals surface area contributed by atoms with Crippen molar-refractivity contribution in [2.24, 2.45) is 5.92 Å². The van der Waals surface area contributed by atoms with E-state index >= 15 is 0 Å². The van der Waals surface area contributed by atoms with Gasteiger partial charge in [-0.25, -0.2) is 4.98 Å². The van der Waals surface area contributed by atoms with Gasteiger partial charge in [-0.3, -0.25) is 4.79 Å². The minimum atomic E-state index is 0.00850. The second-order valence-corrected chi connectivity index (χ2v) is 4.62. The summed E-state index contributed by atoms with van der Waals surface area (Å²) < 4.78 is 0. The van der Waals surface area contributed by atoms with E-state index in [1.807, 2.05) is 0 Å². The van der Waals surface area contributed by atoms with Gasteiger partial charge < -0.3 is 10.3 Å². The van der Waals surface area contributed by atoms with Crippen LogP contribution in [-0.2, 0) is 6.42 Å². The number of aromatic nitrogens is 2. The third-order valence-electron chi connectivity index (χ3n) is 3.15. The van der Waals surface area contributed by atoms with Crippen molar-refractivity contribution < 1.29 is 0 Å². The lowest BCUT2D eigenvalue weighted by atomic mass is 9.99. The molecule has 15 heavy (non-hydrogen) atoms. The van der Waals surface area contributed by atoms with Gasteiger partial charge in [0.05, 0.1) is 5.69 Å². The monoisotopic (exact) mass is 205 g/mol. The summed E-state index contributed by atoms with van der Waals surface area (Å²) in [6.45, 7) is 2.11. The number of nitrogens with one attached hydrogen (secondary N) is 2. The number of H-pyrrole nitrogens is 1. The molecule has 0 radical (unpaired) electrons. The molecule has 0 aromatic carbocycles. The van der Waals surface area contributed by atoms with E-state index < -0.39 is 0 Å². The normalized spacial score (nSPS) is 21.3. The van der Waals surface area contributed by atoms with Crippen molar-refractivity contribution in [2.75, 3.05) is 13.1 Å². The first-order valence-corrected chi connectivity index (χ1v) is 5.62. The van der Waals surface area contributed by atoms with Crippen LogP contribution in [0.1, 0.15) is 30.3 Å². The Kier molecular flexibility index (Phi) is 2.09. The van der Waals surface area contributed by atoms with Crippen LogP contribution in [0.3, 0.4) is 0 Å². The molecule has 0 amide bonds. The molecule has 0 unspecified atom stereocenters. The van der Waals surface area contributed by atoms with Crippen molar-refractivity contribution in [1.29, 1.82) is 0 Å². The molecule has 3 rings (SSSR count). The van der Waals surface area contributed by atoms with Gasteiger partial charge in [-0.15, -0.1) is 0 Å². The van der Waals surface area contributed by atoms with Crippen LogP contribution < -0.4 is 10.9 Å². The predicted molar refractivity (Wildman–Crippen MR) is 56.9 cm³/mol. The van der Waals surface area contributed by atoms with Gasteiger partial charge in [0.25, 0.3) is 5.56 Å². The number of hydrogen-bond acceptors (Lipinski definition) is 3. The Hall–Kier alpha value is -1.16. The number of aromatic amines is 1. The highest BCUT2D eigenvalue weighted by Crippen LogP contribution is 2.38. The summed E-state index contributed by atoms with van der Waals surface area (Å²) in [6, 6.07) is 1.65. The summed E-state index contributed by atoms with van der Waals surface area (Å²) >= 11 is 0. The maximum Gasteiger partial charge on any atom is 0.251 e. The Balaban J connectivity index is 1.82. The zero-order valence-electron chi connectivity index (χ0n) is 8.62. The third-order valence-corrected chi connectivity index (χ3v) is 3.15. The first-order valence-electron chi connectivity index (χ1n) is 5.62. The lowest BCUT2D eigenvalue weighted by Crippen LogP contribution is -2.43. The van der Waals surface area contributed by atoms with Gasteiger partial charge in [-0.1, -0.05) is 0 Å². The molecule has 1 aromatic rings. The standard InChI is InChI=1S/C11H15N3O/c15-11-4-9(8-1-2-8)13-10(14-11)3-7-5-12-6-7/h4,7-8,12H,1-3,5-6H2,(H,13,14,15). The zero-order chi connectivity index (χ0) is 10.3. The molecular formula is C11H15N3O. The zero-order valence-corrected chi connectivity index (χ0v) is 8.62. The van der Waals surface area contributed by atoms with Gasteiger partial charge in [0, 0.05) is 18.4 Å². The maximum atomic E-state index is 11.4. The molecule has 4 heteroatoms. The summed E-state index contributed by atoms with van der Waals surface area (Å²) in [7, 11) is 0. The van der Waals surface area contributed by atoms with Gasteiger partial charge >= 0.3 is 0 Å². The lowest BCUT2D eigenvalue weighted by molar-refractivity contribution is 0.340. The second-order valence-electron chi connectivity index (χ2n) is 4.62. The Bertz CT molecular complexity index is 418. The maximum absolute atomic E-state index is 11.4. The molecule has 0 bridgehead atoms. The van der Waals surface area contributed by atoms with Gasteiger partial charge in [0.2, 0.25) is 0 Å². The molecular weight excluding hydrogens is 190 g/mol. The van der Waals surface area contributed by atoms with E-state index in [1.165, 1.54) is 12.8 Å². The number of hydrogen-bond donors (Lipinski definition) is 2. The molecule has 1 aromatic heterocycles. The minimum absolute atomic E-state index is 0.00850. The molecule has 1 saturated carbocycles. The van der Waals surface area contributed by atoms with Crippen molar-refractivity contribution in [3.63, 3.8) is 0 Å². The molecule has 4 nitrogen and oxygen atoms in total. The third kappa shape index (κ3) is 1.95. The minimum Gasteiger partial charge on any atom is -0.316 e. The van der Waals surface area contributed by atoms with Crippen LogP contribution in [0.15, 0.2) is 10.9 Å². The summed E-state index contributed by atoms with van der Waals surface area (Å²) in [5, 5.41) is 3.23. The predicted octanol–water partition coefficient (Wildman–Crippen LogP) is 0.409. The smallest absolute Gasteiger partial charge is 0.251 e. The van der Waals surface area contributed by atoms with Crippen molar-refractivity contribution in [3.05, 3.63) is 27.9 Å². The SMILES string of the molecule is O=c1cc(C2CC2)nc(CC2CNC2)[nH]1. The topological polar surface area (TPSA) is 57.8 Å². The van der Waals surface area contributed by atoms with Gasteiger partial charge in [-0.05, 0) is 31.8 Å². The van der Waals surface area contributed by atoms with Crippen LogP contribution in [-0.4, -0.2) is 23.1 Å². The summed E-state index contributed by atoms with van der Waals surface area (Å²) in [5.41, 5.74) is 1.01. The van der Waals surface area contributed by atoms with Crippen LogP contribution >= 0.6 is 0 Å². The highest BCUT2D eigenvalue weighted by atomic mass is 16.1. The van der Waals surface area contributed by atoms with Crippen LogP contribution in [0.25, 0.3) is 0 Å². The van der Waals surface area contributed by atoms with E-state index in [9.17, 15) is 4.79 Å². The molecule has 2 aliphatic rings. The van der Waals surface area contributed by atoms with Crippen LogP contribution in [0.4, 0.5) is 0 Å². The first-order chi connectivity index (χ1) is 7.31. The lowest BCUT2D eigenvalue weighted by Gasteiger charge is -2.26. The fourth-order valence-corrected chi connectivity index (χ4v) is 1.98. The highest BCUT2D eigenvalue weighted by Gasteiger charge is 2.26. The van der Waals surface area contributed by atoms with Gasteiger partial charge in [-0.2, -0.15) is 0 Å². The number of nitrogens with zero attached hydrogens (tertiary/aromatic N) is 1. The van der Waals surface area contributed by atoms with E-state index in [0.717, 1.165) is 31.0 Å². The van der Waals surface area contributed by atoms with Crippen molar-refractivity contribution >= 4 is 0 Å². The van der Waals surface area contributed by atoms with E-state index in [-0.39, 0.29) is 5.56 Å². The molecule has 2 N–H and O–H groups in total.